The fourth-order valence-corrected chi connectivity index (χ4v) is 9.67. The second-order valence-corrected chi connectivity index (χ2v) is 13.2. The van der Waals surface area contributed by atoms with Crippen LogP contribution in [-0.4, -0.2) is 44.5 Å². The lowest BCUT2D eigenvalue weighted by atomic mass is 9.45. The topological polar surface area (TPSA) is 77.2 Å². The standard InChI is InChI=1S/C30H43N3O3/c1-4-36-19-30(35)14-11-22-20-10-13-29(3)23(21(20)9-12-28(22,2)18-30)7-8-24(29)27(34)17-33-16-26-25(32-33)6-5-15-31-26/h5-6,15-16,20-24,35H,4,7-14,17-19H2,1-3H3/t20-,21+,22+,23-,24+,28-,29-,30+/m0/s1. The molecule has 0 bridgehead atoms. The molecule has 6 nitrogen and oxygen atoms in total. The zero-order valence-electron chi connectivity index (χ0n) is 22.3. The van der Waals surface area contributed by atoms with E-state index in [-0.39, 0.29) is 16.7 Å². The van der Waals surface area contributed by atoms with Crippen molar-refractivity contribution in [2.24, 2.45) is 40.4 Å². The molecule has 0 aromatic carbocycles. The predicted molar refractivity (Wildman–Crippen MR) is 139 cm³/mol. The Morgan fingerprint density at radius 2 is 1.89 bits per heavy atom. The van der Waals surface area contributed by atoms with Gasteiger partial charge in [0.2, 0.25) is 0 Å². The lowest BCUT2D eigenvalue weighted by Crippen LogP contribution is -2.56. The number of carbonyl (C=O) groups is 1. The van der Waals surface area contributed by atoms with Gasteiger partial charge >= 0.3 is 0 Å². The Kier molecular flexibility index (Phi) is 6.07. The maximum Gasteiger partial charge on any atom is 0.157 e. The van der Waals surface area contributed by atoms with Crippen LogP contribution in [0.3, 0.4) is 0 Å². The molecule has 4 aliphatic carbocycles. The van der Waals surface area contributed by atoms with Gasteiger partial charge in [0, 0.05) is 18.7 Å². The van der Waals surface area contributed by atoms with Crippen molar-refractivity contribution in [3.63, 3.8) is 0 Å². The first-order valence-electron chi connectivity index (χ1n) is 14.4. The molecule has 6 rings (SSSR count). The maximum atomic E-state index is 13.6. The van der Waals surface area contributed by atoms with Crippen molar-refractivity contribution in [3.8, 4) is 0 Å². The van der Waals surface area contributed by atoms with Gasteiger partial charge in [-0.05, 0) is 111 Å². The van der Waals surface area contributed by atoms with Crippen LogP contribution in [0.4, 0.5) is 0 Å². The van der Waals surface area contributed by atoms with E-state index in [4.69, 9.17) is 4.74 Å². The van der Waals surface area contributed by atoms with Gasteiger partial charge in [0.05, 0.1) is 24.9 Å². The van der Waals surface area contributed by atoms with Crippen molar-refractivity contribution in [1.29, 1.82) is 0 Å². The van der Waals surface area contributed by atoms with E-state index < -0.39 is 5.60 Å². The third kappa shape index (κ3) is 3.94. The van der Waals surface area contributed by atoms with Gasteiger partial charge in [-0.25, -0.2) is 0 Å². The Morgan fingerprint density at radius 1 is 1.08 bits per heavy atom. The van der Waals surface area contributed by atoms with Crippen molar-refractivity contribution in [2.75, 3.05) is 13.2 Å². The molecule has 4 aliphatic rings. The number of ether oxygens (including phenoxy) is 1. The average molecular weight is 494 g/mol. The van der Waals surface area contributed by atoms with Crippen LogP contribution in [0.2, 0.25) is 0 Å². The molecule has 0 amide bonds. The summed E-state index contributed by atoms with van der Waals surface area (Å²) in [7, 11) is 0. The second-order valence-electron chi connectivity index (χ2n) is 13.2. The molecule has 0 unspecified atom stereocenters. The van der Waals surface area contributed by atoms with Gasteiger partial charge in [-0.2, -0.15) is 5.10 Å². The average Bonchev–Trinajstić information content (AvgIpc) is 3.42. The van der Waals surface area contributed by atoms with Crippen LogP contribution in [0.1, 0.15) is 78.6 Å². The fraction of sp³-hybridized carbons (Fsp3) is 0.767. The van der Waals surface area contributed by atoms with Crippen molar-refractivity contribution in [3.05, 3.63) is 24.5 Å². The summed E-state index contributed by atoms with van der Waals surface area (Å²) >= 11 is 0. The number of hydrogen-bond acceptors (Lipinski definition) is 5. The predicted octanol–water partition coefficient (Wildman–Crippen LogP) is 5.43. The number of hydrogen-bond donors (Lipinski definition) is 1. The number of carbonyl (C=O) groups excluding carboxylic acids is 1. The maximum absolute atomic E-state index is 13.6. The fourth-order valence-electron chi connectivity index (χ4n) is 9.67. The summed E-state index contributed by atoms with van der Waals surface area (Å²) in [6.45, 7) is 8.39. The van der Waals surface area contributed by atoms with Crippen molar-refractivity contribution in [2.45, 2.75) is 90.7 Å². The van der Waals surface area contributed by atoms with Crippen LogP contribution in [0, 0.1) is 40.4 Å². The molecule has 0 saturated heterocycles. The molecule has 2 heterocycles. The summed E-state index contributed by atoms with van der Waals surface area (Å²) in [4.78, 5) is 18.0. The quantitative estimate of drug-likeness (QED) is 0.581. The number of aliphatic hydroxyl groups is 1. The molecule has 0 aliphatic heterocycles. The molecule has 4 fully saturated rings. The van der Waals surface area contributed by atoms with Crippen molar-refractivity contribution >= 4 is 16.8 Å². The molecule has 2 aromatic heterocycles. The lowest BCUT2D eigenvalue weighted by molar-refractivity contribution is -0.162. The molecule has 0 radical (unpaired) electrons. The van der Waals surface area contributed by atoms with Gasteiger partial charge in [-0.15, -0.1) is 0 Å². The third-order valence-electron chi connectivity index (χ3n) is 11.2. The van der Waals surface area contributed by atoms with E-state index in [1.54, 1.807) is 10.9 Å². The highest BCUT2D eigenvalue weighted by Gasteiger charge is 2.61. The molecular formula is C30H43N3O3. The number of aromatic nitrogens is 3. The smallest absolute Gasteiger partial charge is 0.157 e. The summed E-state index contributed by atoms with van der Waals surface area (Å²) in [6.07, 6.45) is 13.6. The summed E-state index contributed by atoms with van der Waals surface area (Å²) in [5.41, 5.74) is 1.37. The van der Waals surface area contributed by atoms with Crippen LogP contribution in [0.25, 0.3) is 11.0 Å². The van der Waals surface area contributed by atoms with Gasteiger partial charge in [-0.1, -0.05) is 13.8 Å². The van der Waals surface area contributed by atoms with Crippen LogP contribution < -0.4 is 0 Å². The number of fused-ring (bicyclic) bond motifs is 6. The summed E-state index contributed by atoms with van der Waals surface area (Å²) in [6, 6.07) is 3.85. The lowest BCUT2D eigenvalue weighted by Gasteiger charge is -2.61. The summed E-state index contributed by atoms with van der Waals surface area (Å²) in [5.74, 6) is 3.31. The highest BCUT2D eigenvalue weighted by Crippen LogP contribution is 2.67. The molecule has 1 N–H and O–H groups in total. The van der Waals surface area contributed by atoms with E-state index in [2.05, 4.69) is 23.9 Å². The molecular weight excluding hydrogens is 450 g/mol. The van der Waals surface area contributed by atoms with E-state index in [9.17, 15) is 9.90 Å². The van der Waals surface area contributed by atoms with E-state index in [1.807, 2.05) is 25.3 Å². The zero-order chi connectivity index (χ0) is 25.1. The van der Waals surface area contributed by atoms with Gasteiger partial charge in [0.1, 0.15) is 11.0 Å². The minimum absolute atomic E-state index is 0.112. The third-order valence-corrected chi connectivity index (χ3v) is 11.2. The number of Topliss-reactive ketones (excluding diaryl/α,β-unsaturated/α-hetero) is 1. The van der Waals surface area contributed by atoms with Crippen molar-refractivity contribution < 1.29 is 14.6 Å². The normalized spacial score (nSPS) is 42.1. The zero-order valence-corrected chi connectivity index (χ0v) is 22.3. The minimum atomic E-state index is -0.658. The van der Waals surface area contributed by atoms with E-state index in [0.29, 0.717) is 37.4 Å². The molecule has 6 heteroatoms. The summed E-state index contributed by atoms with van der Waals surface area (Å²) in [5, 5.41) is 15.9. The van der Waals surface area contributed by atoms with Crippen LogP contribution in [0.5, 0.6) is 0 Å². The van der Waals surface area contributed by atoms with Gasteiger partial charge in [0.25, 0.3) is 0 Å². The Bertz CT molecular complexity index is 1100. The highest BCUT2D eigenvalue weighted by molar-refractivity contribution is 5.82. The van der Waals surface area contributed by atoms with Gasteiger partial charge in [0.15, 0.2) is 5.78 Å². The van der Waals surface area contributed by atoms with Crippen molar-refractivity contribution in [1.82, 2.24) is 14.8 Å². The van der Waals surface area contributed by atoms with Gasteiger partial charge < -0.3 is 9.84 Å². The minimum Gasteiger partial charge on any atom is -0.387 e. The molecule has 2 aromatic rings. The summed E-state index contributed by atoms with van der Waals surface area (Å²) < 4.78 is 7.48. The number of nitrogens with zero attached hydrogens (tertiary/aromatic N) is 3. The Morgan fingerprint density at radius 3 is 2.69 bits per heavy atom. The first-order chi connectivity index (χ1) is 17.2. The number of pyridine rings is 1. The van der Waals surface area contributed by atoms with E-state index in [1.165, 1.54) is 25.7 Å². The largest absolute Gasteiger partial charge is 0.387 e. The first-order valence-corrected chi connectivity index (χ1v) is 14.4. The Labute approximate surface area is 215 Å². The second kappa shape index (κ2) is 8.90. The molecule has 0 spiro atoms. The van der Waals surface area contributed by atoms with Crippen LogP contribution in [0.15, 0.2) is 24.5 Å². The van der Waals surface area contributed by atoms with Crippen LogP contribution in [-0.2, 0) is 16.1 Å². The Hall–Kier alpha value is -1.79. The molecule has 36 heavy (non-hydrogen) atoms. The Balaban J connectivity index is 1.16. The number of ketones is 1. The SMILES string of the molecule is CCOC[C@@]1(O)CC[C@@H]2[C@H]3CC[C@]4(C)[C@@H](C(=O)Cn5cc6ncccc6n5)CC[C@H]4[C@@H]3CC[C@@]2(C)C1. The molecule has 196 valence electrons. The van der Waals surface area contributed by atoms with Crippen LogP contribution >= 0.6 is 0 Å². The molecule has 8 atom stereocenters. The monoisotopic (exact) mass is 493 g/mol. The molecule has 4 saturated carbocycles. The first kappa shape index (κ1) is 24.5. The number of rotatable bonds is 6. The highest BCUT2D eigenvalue weighted by atomic mass is 16.5. The van der Waals surface area contributed by atoms with E-state index in [0.717, 1.165) is 55.0 Å². The van der Waals surface area contributed by atoms with E-state index >= 15 is 0 Å². The van der Waals surface area contributed by atoms with Gasteiger partial charge in [-0.3, -0.25) is 14.5 Å².